The first-order valence-electron chi connectivity index (χ1n) is 5.12. The van der Waals surface area contributed by atoms with Gasteiger partial charge in [-0.15, -0.1) is 0 Å². The van der Waals surface area contributed by atoms with Crippen molar-refractivity contribution >= 4 is 19.7 Å². The molecule has 14 heavy (non-hydrogen) atoms. The fourth-order valence-corrected chi connectivity index (χ4v) is 2.50. The smallest absolute Gasteiger partial charge is 0.232 e. The highest BCUT2D eigenvalue weighted by Crippen LogP contribution is 2.20. The van der Waals surface area contributed by atoms with Gasteiger partial charge in [0.1, 0.15) is 0 Å². The van der Waals surface area contributed by atoms with Gasteiger partial charge in [-0.1, -0.05) is 19.3 Å². The summed E-state index contributed by atoms with van der Waals surface area (Å²) in [6, 6.07) is 0. The van der Waals surface area contributed by atoms with Crippen LogP contribution in [-0.4, -0.2) is 26.9 Å². The van der Waals surface area contributed by atoms with Gasteiger partial charge in [-0.05, 0) is 19.3 Å². The van der Waals surface area contributed by atoms with E-state index in [1.807, 2.05) is 0 Å². The molecule has 1 aliphatic rings. The van der Waals surface area contributed by atoms with Gasteiger partial charge in [0, 0.05) is 17.3 Å². The molecule has 0 aromatic heterocycles. The number of ether oxygens (including phenoxy) is 1. The molecule has 0 saturated heterocycles. The Morgan fingerprint density at radius 3 is 2.43 bits per heavy atom. The van der Waals surface area contributed by atoms with Crippen molar-refractivity contribution in [2.75, 3.05) is 12.4 Å². The van der Waals surface area contributed by atoms with Gasteiger partial charge in [0.15, 0.2) is 0 Å². The van der Waals surface area contributed by atoms with E-state index in [1.165, 1.54) is 19.3 Å². The van der Waals surface area contributed by atoms with Crippen LogP contribution in [0.5, 0.6) is 0 Å². The van der Waals surface area contributed by atoms with E-state index in [4.69, 9.17) is 15.4 Å². The van der Waals surface area contributed by atoms with Crippen LogP contribution < -0.4 is 0 Å². The van der Waals surface area contributed by atoms with Gasteiger partial charge in [0.05, 0.1) is 11.9 Å². The predicted octanol–water partition coefficient (Wildman–Crippen LogP) is 2.29. The second-order valence-electron chi connectivity index (χ2n) is 3.73. The molecule has 0 atom stereocenters. The molecule has 0 spiro atoms. The van der Waals surface area contributed by atoms with Gasteiger partial charge in [-0.3, -0.25) is 0 Å². The van der Waals surface area contributed by atoms with E-state index in [1.54, 1.807) is 0 Å². The Morgan fingerprint density at radius 1 is 1.21 bits per heavy atom. The zero-order chi connectivity index (χ0) is 10.4. The lowest BCUT2D eigenvalue weighted by Crippen LogP contribution is -2.18. The summed E-state index contributed by atoms with van der Waals surface area (Å²) in [5.41, 5.74) is 0. The van der Waals surface area contributed by atoms with Crippen LogP contribution in [0.4, 0.5) is 0 Å². The Bertz CT molecular complexity index is 245. The lowest BCUT2D eigenvalue weighted by molar-refractivity contribution is 0.0292. The fourth-order valence-electron chi connectivity index (χ4n) is 1.71. The molecule has 84 valence electrons. The van der Waals surface area contributed by atoms with E-state index >= 15 is 0 Å². The maximum atomic E-state index is 10.6. The van der Waals surface area contributed by atoms with E-state index in [9.17, 15) is 8.42 Å². The first-order valence-corrected chi connectivity index (χ1v) is 7.60. The molecule has 0 aliphatic heterocycles. The molecule has 0 radical (unpaired) electrons. The largest absolute Gasteiger partial charge is 0.378 e. The molecule has 0 N–H and O–H groups in total. The minimum atomic E-state index is -3.33. The topological polar surface area (TPSA) is 43.4 Å². The Labute approximate surface area is 90.2 Å². The van der Waals surface area contributed by atoms with Crippen LogP contribution >= 0.6 is 10.7 Å². The minimum absolute atomic E-state index is 0.0152. The van der Waals surface area contributed by atoms with Crippen molar-refractivity contribution in [2.24, 2.45) is 0 Å². The van der Waals surface area contributed by atoms with E-state index in [0.717, 1.165) is 12.8 Å². The Hall–Kier alpha value is 0.200. The SMILES string of the molecule is O=S(=O)(Cl)CCCOC1CCCCC1. The zero-order valence-corrected chi connectivity index (χ0v) is 9.82. The highest BCUT2D eigenvalue weighted by Gasteiger charge is 2.13. The third-order valence-electron chi connectivity index (χ3n) is 2.44. The molecular weight excluding hydrogens is 224 g/mol. The van der Waals surface area contributed by atoms with Crippen molar-refractivity contribution in [3.05, 3.63) is 0 Å². The molecule has 0 heterocycles. The summed E-state index contributed by atoms with van der Waals surface area (Å²) in [5, 5.41) is 0. The minimum Gasteiger partial charge on any atom is -0.378 e. The first kappa shape index (κ1) is 12.3. The van der Waals surface area contributed by atoms with Crippen LogP contribution in [-0.2, 0) is 13.8 Å². The van der Waals surface area contributed by atoms with Crippen molar-refractivity contribution in [1.82, 2.24) is 0 Å². The second-order valence-corrected chi connectivity index (χ2v) is 6.62. The Balaban J connectivity index is 2.03. The summed E-state index contributed by atoms with van der Waals surface area (Å²) >= 11 is 0. The molecule has 0 aromatic rings. The molecule has 5 heteroatoms. The van der Waals surface area contributed by atoms with Gasteiger partial charge >= 0.3 is 0 Å². The fraction of sp³-hybridized carbons (Fsp3) is 1.00. The van der Waals surface area contributed by atoms with E-state index in [-0.39, 0.29) is 5.75 Å². The van der Waals surface area contributed by atoms with Gasteiger partial charge in [-0.25, -0.2) is 8.42 Å². The third-order valence-corrected chi connectivity index (χ3v) is 3.68. The summed E-state index contributed by atoms with van der Waals surface area (Å²) in [7, 11) is 1.74. The Morgan fingerprint density at radius 2 is 1.86 bits per heavy atom. The van der Waals surface area contributed by atoms with Crippen LogP contribution in [0.25, 0.3) is 0 Å². The zero-order valence-electron chi connectivity index (χ0n) is 8.25. The molecule has 0 unspecified atom stereocenters. The normalized spacial score (nSPS) is 19.8. The van der Waals surface area contributed by atoms with Crippen molar-refractivity contribution in [3.8, 4) is 0 Å². The van der Waals surface area contributed by atoms with Crippen LogP contribution in [0.2, 0.25) is 0 Å². The van der Waals surface area contributed by atoms with Gasteiger partial charge < -0.3 is 4.74 Å². The number of rotatable bonds is 5. The molecule has 0 amide bonds. The van der Waals surface area contributed by atoms with Crippen molar-refractivity contribution in [3.63, 3.8) is 0 Å². The molecule has 3 nitrogen and oxygen atoms in total. The maximum Gasteiger partial charge on any atom is 0.232 e. The lowest BCUT2D eigenvalue weighted by atomic mass is 9.98. The predicted molar refractivity (Wildman–Crippen MR) is 57.1 cm³/mol. The molecular formula is C9H17ClO3S. The van der Waals surface area contributed by atoms with Crippen LogP contribution in [0.1, 0.15) is 38.5 Å². The van der Waals surface area contributed by atoms with Crippen LogP contribution in [0, 0.1) is 0 Å². The molecule has 1 aliphatic carbocycles. The van der Waals surface area contributed by atoms with E-state index < -0.39 is 9.05 Å². The van der Waals surface area contributed by atoms with Crippen LogP contribution in [0.3, 0.4) is 0 Å². The number of hydrogen-bond acceptors (Lipinski definition) is 3. The summed E-state index contributed by atoms with van der Waals surface area (Å²) in [6.07, 6.45) is 6.86. The lowest BCUT2D eigenvalue weighted by Gasteiger charge is -2.21. The van der Waals surface area contributed by atoms with Crippen molar-refractivity contribution in [2.45, 2.75) is 44.6 Å². The van der Waals surface area contributed by atoms with Crippen molar-refractivity contribution in [1.29, 1.82) is 0 Å². The summed E-state index contributed by atoms with van der Waals surface area (Å²) in [6.45, 7) is 0.511. The van der Waals surface area contributed by atoms with E-state index in [0.29, 0.717) is 19.1 Å². The second kappa shape index (κ2) is 5.93. The molecule has 0 bridgehead atoms. The summed E-state index contributed by atoms with van der Waals surface area (Å²) < 4.78 is 26.7. The number of hydrogen-bond donors (Lipinski definition) is 0. The molecule has 1 rings (SSSR count). The van der Waals surface area contributed by atoms with Gasteiger partial charge in [0.25, 0.3) is 0 Å². The highest BCUT2D eigenvalue weighted by molar-refractivity contribution is 8.13. The summed E-state index contributed by atoms with van der Waals surface area (Å²) in [4.78, 5) is 0. The molecule has 1 saturated carbocycles. The monoisotopic (exact) mass is 240 g/mol. The Kier molecular flexibility index (Phi) is 5.20. The molecule has 1 fully saturated rings. The average Bonchev–Trinajstić information content (AvgIpc) is 2.13. The van der Waals surface area contributed by atoms with Gasteiger partial charge in [0.2, 0.25) is 9.05 Å². The molecule has 0 aromatic carbocycles. The van der Waals surface area contributed by atoms with E-state index in [2.05, 4.69) is 0 Å². The van der Waals surface area contributed by atoms with Crippen molar-refractivity contribution < 1.29 is 13.2 Å². The third kappa shape index (κ3) is 5.83. The van der Waals surface area contributed by atoms with Gasteiger partial charge in [-0.2, -0.15) is 0 Å². The maximum absolute atomic E-state index is 10.6. The number of halogens is 1. The summed E-state index contributed by atoms with van der Waals surface area (Å²) in [5.74, 6) is 0.0152. The average molecular weight is 241 g/mol. The highest BCUT2D eigenvalue weighted by atomic mass is 35.7. The quantitative estimate of drug-likeness (QED) is 0.547. The standard InChI is InChI=1S/C9H17ClO3S/c10-14(11,12)8-4-7-13-9-5-2-1-3-6-9/h9H,1-8H2. The first-order chi connectivity index (χ1) is 6.58. The van der Waals surface area contributed by atoms with Crippen LogP contribution in [0.15, 0.2) is 0 Å².